The number of rotatable bonds is 0. The maximum atomic E-state index is 14.4. The van der Waals surface area contributed by atoms with Crippen molar-refractivity contribution >= 4 is 21.5 Å². The largest absolute Gasteiger partial charge is 0.206 e. The first-order chi connectivity index (χ1) is 13.3. The van der Waals surface area contributed by atoms with Crippen LogP contribution < -0.4 is 0 Å². The molecule has 0 radical (unpaired) electrons. The van der Waals surface area contributed by atoms with E-state index in [0.29, 0.717) is 5.39 Å². The fraction of sp³-hybridized carbons (Fsp3) is 0.259. The van der Waals surface area contributed by atoms with Crippen LogP contribution in [-0.2, 0) is 10.8 Å². The van der Waals surface area contributed by atoms with Gasteiger partial charge in [0, 0.05) is 16.2 Å². The molecule has 6 rings (SSSR count). The van der Waals surface area contributed by atoms with Crippen LogP contribution in [0.4, 0.5) is 4.39 Å². The number of hydrogen-bond acceptors (Lipinski definition) is 0. The summed E-state index contributed by atoms with van der Waals surface area (Å²) in [5.41, 5.74) is 8.81. The van der Waals surface area contributed by atoms with Gasteiger partial charge in [-0.3, -0.25) is 0 Å². The summed E-state index contributed by atoms with van der Waals surface area (Å²) in [6, 6.07) is 18.7. The molecule has 2 aliphatic rings. The number of aryl methyl sites for hydroxylation is 2. The van der Waals surface area contributed by atoms with Crippen molar-refractivity contribution < 1.29 is 4.39 Å². The minimum atomic E-state index is -0.147. The van der Waals surface area contributed by atoms with Crippen molar-refractivity contribution in [3.63, 3.8) is 0 Å². The lowest BCUT2D eigenvalue weighted by Gasteiger charge is -2.33. The number of hydrogen-bond donors (Lipinski definition) is 0. The summed E-state index contributed by atoms with van der Waals surface area (Å²) in [4.78, 5) is 0. The minimum Gasteiger partial charge on any atom is -0.206 e. The van der Waals surface area contributed by atoms with Crippen LogP contribution >= 0.6 is 0 Å². The second-order valence-electron chi connectivity index (χ2n) is 9.33. The van der Waals surface area contributed by atoms with Crippen LogP contribution in [0.5, 0.6) is 0 Å². The molecule has 0 nitrogen and oxygen atoms in total. The van der Waals surface area contributed by atoms with Crippen LogP contribution in [0.25, 0.3) is 32.7 Å². The molecule has 1 unspecified atom stereocenters. The lowest BCUT2D eigenvalue weighted by Crippen LogP contribution is -2.23. The fourth-order valence-corrected chi connectivity index (χ4v) is 6.20. The molecule has 0 N–H and O–H groups in total. The Bertz CT molecular complexity index is 1350. The van der Waals surface area contributed by atoms with E-state index in [2.05, 4.69) is 58.0 Å². The van der Waals surface area contributed by atoms with Crippen LogP contribution in [0.1, 0.15) is 42.5 Å². The van der Waals surface area contributed by atoms with Crippen molar-refractivity contribution in [2.75, 3.05) is 0 Å². The smallest absolute Gasteiger partial charge is 0.131 e. The molecule has 28 heavy (non-hydrogen) atoms. The molecule has 4 aromatic rings. The van der Waals surface area contributed by atoms with E-state index < -0.39 is 0 Å². The number of benzene rings is 4. The maximum Gasteiger partial charge on any atom is 0.131 e. The molecule has 4 aromatic carbocycles. The van der Waals surface area contributed by atoms with Crippen LogP contribution in [0.3, 0.4) is 0 Å². The molecule has 138 valence electrons. The first-order valence-electron chi connectivity index (χ1n) is 10.1. The van der Waals surface area contributed by atoms with E-state index in [1.54, 1.807) is 6.07 Å². The Morgan fingerprint density at radius 2 is 1.50 bits per heavy atom. The highest BCUT2D eigenvalue weighted by Gasteiger charge is 2.66. The van der Waals surface area contributed by atoms with Gasteiger partial charge in [0.2, 0.25) is 0 Å². The Hall–Kier alpha value is -2.67. The summed E-state index contributed by atoms with van der Waals surface area (Å²) < 4.78 is 14.4. The Labute approximate surface area is 165 Å². The molecular weight excluding hydrogens is 343 g/mol. The van der Waals surface area contributed by atoms with Gasteiger partial charge in [-0.2, -0.15) is 0 Å². The quantitative estimate of drug-likeness (QED) is 0.285. The molecule has 0 amide bonds. The average Bonchev–Trinajstić information content (AvgIpc) is 3.24. The molecule has 2 atom stereocenters. The van der Waals surface area contributed by atoms with Crippen molar-refractivity contribution in [3.8, 4) is 11.1 Å². The average molecular weight is 366 g/mol. The molecule has 0 saturated heterocycles. The van der Waals surface area contributed by atoms with E-state index in [4.69, 9.17) is 0 Å². The van der Waals surface area contributed by atoms with E-state index >= 15 is 0 Å². The Kier molecular flexibility index (Phi) is 2.82. The molecular formula is C27H23F. The second kappa shape index (κ2) is 4.84. The zero-order valence-corrected chi connectivity index (χ0v) is 16.8. The van der Waals surface area contributed by atoms with Gasteiger partial charge in [-0.05, 0) is 70.3 Å². The monoisotopic (exact) mass is 366 g/mol. The van der Waals surface area contributed by atoms with E-state index in [0.717, 1.165) is 10.8 Å². The molecule has 1 heteroatoms. The van der Waals surface area contributed by atoms with Crippen molar-refractivity contribution in [2.24, 2.45) is 0 Å². The topological polar surface area (TPSA) is 0 Å². The molecule has 0 aliphatic heterocycles. The number of halogens is 1. The highest BCUT2D eigenvalue weighted by atomic mass is 19.1. The molecule has 0 spiro atoms. The van der Waals surface area contributed by atoms with Gasteiger partial charge >= 0.3 is 0 Å². The SMILES string of the molecule is Cc1cc(C)c2c(c1)-c1c(ccc3c1ccc1c(F)cccc13)[C@]1(C)CC21C. The Morgan fingerprint density at radius 1 is 0.786 bits per heavy atom. The van der Waals surface area contributed by atoms with Crippen molar-refractivity contribution in [3.05, 3.63) is 82.7 Å². The summed E-state index contributed by atoms with van der Waals surface area (Å²) in [7, 11) is 0. The van der Waals surface area contributed by atoms with Crippen LogP contribution in [0, 0.1) is 19.7 Å². The first kappa shape index (κ1) is 16.3. The lowest BCUT2D eigenvalue weighted by molar-refractivity contribution is 0.610. The van der Waals surface area contributed by atoms with Gasteiger partial charge in [0.15, 0.2) is 0 Å². The van der Waals surface area contributed by atoms with Gasteiger partial charge in [0.1, 0.15) is 5.82 Å². The second-order valence-corrected chi connectivity index (χ2v) is 9.33. The van der Waals surface area contributed by atoms with Crippen molar-refractivity contribution in [1.29, 1.82) is 0 Å². The minimum absolute atomic E-state index is 0.147. The summed E-state index contributed by atoms with van der Waals surface area (Å²) in [5.74, 6) is -0.147. The van der Waals surface area contributed by atoms with Crippen LogP contribution in [-0.4, -0.2) is 0 Å². The van der Waals surface area contributed by atoms with Crippen molar-refractivity contribution in [2.45, 2.75) is 44.9 Å². The molecule has 1 saturated carbocycles. The molecule has 2 aliphatic carbocycles. The summed E-state index contributed by atoms with van der Waals surface area (Å²) in [5, 5.41) is 4.10. The van der Waals surface area contributed by atoms with E-state index in [1.165, 1.54) is 45.2 Å². The first-order valence-corrected chi connectivity index (χ1v) is 10.1. The summed E-state index contributed by atoms with van der Waals surface area (Å²) in [6.45, 7) is 9.29. The number of fused-ring (bicyclic) bond motifs is 10. The molecule has 0 heterocycles. The van der Waals surface area contributed by atoms with Crippen molar-refractivity contribution in [1.82, 2.24) is 0 Å². The van der Waals surface area contributed by atoms with E-state index in [-0.39, 0.29) is 16.6 Å². The molecule has 0 bridgehead atoms. The van der Waals surface area contributed by atoms with Gasteiger partial charge in [0.25, 0.3) is 0 Å². The predicted octanol–water partition coefficient (Wildman–Crippen LogP) is 7.35. The maximum absolute atomic E-state index is 14.4. The lowest BCUT2D eigenvalue weighted by atomic mass is 9.70. The third kappa shape index (κ3) is 1.72. The standard InChI is InChI=1S/C27H23F/c1-15-12-16(2)25-21(13-15)24-20-9-8-19-17(6-5-7-23(19)28)18(20)10-11-22(24)26(3)14-27(25,26)4/h5-13H,14H2,1-4H3/t26-,27?/m0/s1. The predicted molar refractivity (Wildman–Crippen MR) is 116 cm³/mol. The van der Waals surface area contributed by atoms with Gasteiger partial charge in [-0.1, -0.05) is 67.9 Å². The third-order valence-electron chi connectivity index (χ3n) is 7.70. The normalized spacial score (nSPS) is 24.8. The molecule has 0 aromatic heterocycles. The van der Waals surface area contributed by atoms with Gasteiger partial charge in [-0.25, -0.2) is 4.39 Å². The van der Waals surface area contributed by atoms with E-state index in [9.17, 15) is 4.39 Å². The van der Waals surface area contributed by atoms with Crippen LogP contribution in [0.15, 0.2) is 54.6 Å². The van der Waals surface area contributed by atoms with Gasteiger partial charge < -0.3 is 0 Å². The highest BCUT2D eigenvalue weighted by Crippen LogP contribution is 2.71. The fourth-order valence-electron chi connectivity index (χ4n) is 6.20. The van der Waals surface area contributed by atoms with E-state index in [1.807, 2.05) is 18.2 Å². The Morgan fingerprint density at radius 3 is 2.32 bits per heavy atom. The summed E-state index contributed by atoms with van der Waals surface area (Å²) >= 11 is 0. The summed E-state index contributed by atoms with van der Waals surface area (Å²) in [6.07, 6.45) is 1.19. The van der Waals surface area contributed by atoms with Gasteiger partial charge in [-0.15, -0.1) is 0 Å². The Balaban J connectivity index is 1.82. The zero-order chi connectivity index (χ0) is 19.4. The van der Waals surface area contributed by atoms with Gasteiger partial charge in [0.05, 0.1) is 0 Å². The highest BCUT2D eigenvalue weighted by molar-refractivity contribution is 6.14. The van der Waals surface area contributed by atoms with Crippen LogP contribution in [0.2, 0.25) is 0 Å². The third-order valence-corrected chi connectivity index (χ3v) is 7.70. The molecule has 1 fully saturated rings. The zero-order valence-electron chi connectivity index (χ0n) is 16.8.